The standard InChI is InChI=1S/C9H8N4O.C6H6N4.C3H3ClO/c1-2-9(14)11-7-3-5-8(6-4-7)12-13-10;7-5-1-3-6(4-2-5)9-10-8;1-2-3(4)5/h2-6H,1H2,(H,11,14);1-4H,7H2;2H,1H2. The highest BCUT2D eigenvalue weighted by atomic mass is 35.5. The average molecular weight is 413 g/mol. The molecule has 2 rings (SSSR count). The van der Waals surface area contributed by atoms with Gasteiger partial charge in [-0.25, -0.2) is 0 Å². The summed E-state index contributed by atoms with van der Waals surface area (Å²) in [6.45, 7) is 6.40. The van der Waals surface area contributed by atoms with Crippen LogP contribution in [0.5, 0.6) is 0 Å². The quantitative estimate of drug-likeness (QED) is 0.156. The number of nitrogens with two attached hydrogens (primary N) is 1. The Morgan fingerprint density at radius 3 is 1.69 bits per heavy atom. The molecule has 1 amide bonds. The molecule has 29 heavy (non-hydrogen) atoms. The Balaban J connectivity index is 0.000000455. The lowest BCUT2D eigenvalue weighted by atomic mass is 10.3. The van der Waals surface area contributed by atoms with Gasteiger partial charge in [-0.1, -0.05) is 47.7 Å². The number of hydrogen-bond acceptors (Lipinski definition) is 5. The lowest BCUT2D eigenvalue weighted by Crippen LogP contribution is -2.06. The van der Waals surface area contributed by atoms with E-state index in [1.807, 2.05) is 0 Å². The first kappa shape index (κ1) is 24.8. The van der Waals surface area contributed by atoms with Crippen molar-refractivity contribution in [1.82, 2.24) is 0 Å². The third-order valence-electron chi connectivity index (χ3n) is 2.69. The van der Waals surface area contributed by atoms with Gasteiger partial charge in [-0.15, -0.1) is 0 Å². The third-order valence-corrected chi connectivity index (χ3v) is 2.85. The summed E-state index contributed by atoms with van der Waals surface area (Å²) in [5.41, 5.74) is 23.9. The topological polar surface area (TPSA) is 170 Å². The fraction of sp³-hybridized carbons (Fsp3) is 0. The number of carbonyl (C=O) groups is 2. The average Bonchev–Trinajstić information content (AvgIpc) is 2.72. The van der Waals surface area contributed by atoms with Crippen molar-refractivity contribution >= 4 is 45.5 Å². The molecular formula is C18H17ClN8O2. The van der Waals surface area contributed by atoms with E-state index in [9.17, 15) is 9.59 Å². The largest absolute Gasteiger partial charge is 0.399 e. The Morgan fingerprint density at radius 1 is 0.931 bits per heavy atom. The second kappa shape index (κ2) is 14.9. The summed E-state index contributed by atoms with van der Waals surface area (Å²) in [7, 11) is 0. The minimum absolute atomic E-state index is 0.276. The fourth-order valence-corrected chi connectivity index (χ4v) is 1.45. The molecular weight excluding hydrogens is 396 g/mol. The monoisotopic (exact) mass is 412 g/mol. The van der Waals surface area contributed by atoms with Gasteiger partial charge in [0.2, 0.25) is 11.1 Å². The molecule has 0 aliphatic carbocycles. The van der Waals surface area contributed by atoms with Gasteiger partial charge in [0.05, 0.1) is 0 Å². The molecule has 3 N–H and O–H groups in total. The van der Waals surface area contributed by atoms with Gasteiger partial charge < -0.3 is 11.1 Å². The van der Waals surface area contributed by atoms with Gasteiger partial charge in [-0.2, -0.15) is 0 Å². The van der Waals surface area contributed by atoms with E-state index in [0.717, 1.165) is 6.08 Å². The summed E-state index contributed by atoms with van der Waals surface area (Å²) in [5, 5.41) is 8.83. The number of benzene rings is 2. The number of carbonyl (C=O) groups excluding carboxylic acids is 2. The second-order valence-corrected chi connectivity index (χ2v) is 5.09. The first-order valence-corrected chi connectivity index (χ1v) is 8.05. The van der Waals surface area contributed by atoms with Gasteiger partial charge >= 0.3 is 0 Å². The molecule has 0 spiro atoms. The summed E-state index contributed by atoms with van der Waals surface area (Å²) >= 11 is 4.71. The number of nitrogen functional groups attached to an aromatic ring is 1. The maximum Gasteiger partial charge on any atom is 0.247 e. The van der Waals surface area contributed by atoms with E-state index >= 15 is 0 Å². The van der Waals surface area contributed by atoms with Crippen LogP contribution in [0.1, 0.15) is 0 Å². The molecule has 0 aliphatic heterocycles. The summed E-state index contributed by atoms with van der Waals surface area (Å²) in [6, 6.07) is 13.2. The Kier molecular flexibility index (Phi) is 12.7. The predicted molar refractivity (Wildman–Crippen MR) is 115 cm³/mol. The van der Waals surface area contributed by atoms with Crippen LogP contribution in [0.2, 0.25) is 0 Å². The number of halogens is 1. The van der Waals surface area contributed by atoms with Crippen molar-refractivity contribution < 1.29 is 9.59 Å². The third kappa shape index (κ3) is 12.7. The van der Waals surface area contributed by atoms with Crippen LogP contribution in [0.15, 0.2) is 84.1 Å². The Morgan fingerprint density at radius 2 is 1.34 bits per heavy atom. The number of nitrogens with one attached hydrogen (secondary N) is 1. The summed E-state index contributed by atoms with van der Waals surface area (Å²) in [6.07, 6.45) is 2.23. The predicted octanol–water partition coefficient (Wildman–Crippen LogP) is 5.90. The van der Waals surface area contributed by atoms with Crippen molar-refractivity contribution in [2.24, 2.45) is 10.2 Å². The molecule has 0 atom stereocenters. The Labute approximate surface area is 171 Å². The lowest BCUT2D eigenvalue weighted by Gasteiger charge is -2.00. The van der Waals surface area contributed by atoms with Gasteiger partial charge in [-0.3, -0.25) is 9.59 Å². The minimum Gasteiger partial charge on any atom is -0.399 e. The summed E-state index contributed by atoms with van der Waals surface area (Å²) in [4.78, 5) is 25.6. The van der Waals surface area contributed by atoms with E-state index < -0.39 is 5.24 Å². The summed E-state index contributed by atoms with van der Waals surface area (Å²) < 4.78 is 0. The highest BCUT2D eigenvalue weighted by Crippen LogP contribution is 2.16. The van der Waals surface area contributed by atoms with E-state index in [-0.39, 0.29) is 5.91 Å². The van der Waals surface area contributed by atoms with Gasteiger partial charge in [0, 0.05) is 32.6 Å². The number of hydrogen-bond donors (Lipinski definition) is 2. The smallest absolute Gasteiger partial charge is 0.247 e. The molecule has 0 aliphatic rings. The van der Waals surface area contributed by atoms with Crippen LogP contribution in [-0.2, 0) is 9.59 Å². The van der Waals surface area contributed by atoms with Crippen LogP contribution in [0, 0.1) is 0 Å². The molecule has 0 fully saturated rings. The SMILES string of the molecule is C=CC(=O)Cl.C=CC(=O)Nc1ccc(N=[N+]=[N-])cc1.[N-]=[N+]=Nc1ccc(N)cc1. The van der Waals surface area contributed by atoms with E-state index in [1.165, 1.54) is 6.08 Å². The summed E-state index contributed by atoms with van der Waals surface area (Å²) in [5.74, 6) is -0.276. The molecule has 0 aromatic heterocycles. The molecule has 0 unspecified atom stereocenters. The Hall–Kier alpha value is -4.23. The van der Waals surface area contributed by atoms with Gasteiger partial charge in [0.25, 0.3) is 0 Å². The van der Waals surface area contributed by atoms with Crippen molar-refractivity contribution in [2.75, 3.05) is 11.1 Å². The number of nitrogens with zero attached hydrogens (tertiary/aromatic N) is 6. The molecule has 11 heteroatoms. The number of amides is 1. The number of allylic oxidation sites excluding steroid dienone is 1. The zero-order chi connectivity index (χ0) is 22.1. The zero-order valence-corrected chi connectivity index (χ0v) is 15.9. The van der Waals surface area contributed by atoms with Gasteiger partial charge in [0.1, 0.15) is 0 Å². The van der Waals surface area contributed by atoms with E-state index in [4.69, 9.17) is 28.4 Å². The first-order chi connectivity index (χ1) is 13.9. The molecule has 10 nitrogen and oxygen atoms in total. The van der Waals surface area contributed by atoms with Crippen molar-refractivity contribution in [1.29, 1.82) is 0 Å². The molecule has 0 bridgehead atoms. The van der Waals surface area contributed by atoms with Crippen LogP contribution < -0.4 is 11.1 Å². The van der Waals surface area contributed by atoms with Crippen molar-refractivity contribution in [3.05, 3.63) is 94.7 Å². The maximum absolute atomic E-state index is 10.9. The number of rotatable bonds is 5. The van der Waals surface area contributed by atoms with Crippen molar-refractivity contribution in [3.63, 3.8) is 0 Å². The van der Waals surface area contributed by atoms with Crippen LogP contribution in [0.25, 0.3) is 20.9 Å². The normalized spacial score (nSPS) is 8.17. The number of azide groups is 2. The van der Waals surface area contributed by atoms with Crippen LogP contribution in [0.3, 0.4) is 0 Å². The van der Waals surface area contributed by atoms with Gasteiger partial charge in [0.15, 0.2) is 0 Å². The van der Waals surface area contributed by atoms with Gasteiger partial charge in [-0.05, 0) is 59.1 Å². The highest BCUT2D eigenvalue weighted by molar-refractivity contribution is 6.66. The van der Waals surface area contributed by atoms with E-state index in [0.29, 0.717) is 22.7 Å². The van der Waals surface area contributed by atoms with Crippen LogP contribution in [-0.4, -0.2) is 11.1 Å². The molecule has 2 aromatic carbocycles. The zero-order valence-electron chi connectivity index (χ0n) is 15.1. The van der Waals surface area contributed by atoms with Crippen LogP contribution >= 0.6 is 11.6 Å². The van der Waals surface area contributed by atoms with Crippen molar-refractivity contribution in [3.8, 4) is 0 Å². The van der Waals surface area contributed by atoms with Crippen LogP contribution in [0.4, 0.5) is 22.7 Å². The Bertz CT molecular complexity index is 929. The first-order valence-electron chi connectivity index (χ1n) is 7.67. The lowest BCUT2D eigenvalue weighted by molar-refractivity contribution is -0.112. The van der Waals surface area contributed by atoms with E-state index in [1.54, 1.807) is 48.5 Å². The minimum atomic E-state index is -0.509. The maximum atomic E-state index is 10.9. The molecule has 0 saturated heterocycles. The molecule has 0 saturated carbocycles. The van der Waals surface area contributed by atoms with E-state index in [2.05, 4.69) is 38.5 Å². The number of anilines is 2. The molecule has 0 heterocycles. The van der Waals surface area contributed by atoms with Crippen molar-refractivity contribution in [2.45, 2.75) is 0 Å². The molecule has 0 radical (unpaired) electrons. The fourth-order valence-electron chi connectivity index (χ4n) is 1.45. The molecule has 148 valence electrons. The highest BCUT2D eigenvalue weighted by Gasteiger charge is 1.95. The second-order valence-electron chi connectivity index (χ2n) is 4.72. The molecule has 2 aromatic rings.